The van der Waals surface area contributed by atoms with E-state index in [1.807, 2.05) is 6.92 Å². The molecule has 4 aliphatic rings. The van der Waals surface area contributed by atoms with Crippen LogP contribution in [0.3, 0.4) is 0 Å². The second kappa shape index (κ2) is 6.65. The van der Waals surface area contributed by atoms with E-state index in [2.05, 4.69) is 26.6 Å². The Morgan fingerprint density at radius 3 is 2.42 bits per heavy atom. The third-order valence-electron chi connectivity index (χ3n) is 5.55. The van der Waals surface area contributed by atoms with Gasteiger partial charge in [-0.05, 0) is 56.8 Å². The van der Waals surface area contributed by atoms with Crippen LogP contribution in [-0.2, 0) is 14.3 Å². The highest BCUT2D eigenvalue weighted by atomic mass is 79.9. The maximum Gasteiger partial charge on any atom is 0.321 e. The van der Waals surface area contributed by atoms with Crippen LogP contribution in [0.5, 0.6) is 0 Å². The molecule has 4 bridgehead atoms. The van der Waals surface area contributed by atoms with Crippen molar-refractivity contribution in [3.63, 3.8) is 0 Å². The minimum absolute atomic E-state index is 0.0679. The highest BCUT2D eigenvalue weighted by molar-refractivity contribution is 9.10. The molecule has 4 fully saturated rings. The molecular weight excluding hydrogens is 376 g/mol. The molecule has 0 aromatic heterocycles. The standard InChI is InChI=1S/C17H25BrN2O4/c1-2-3-19-15(23)20-13(21)9-24-14(22)16-5-11-4-12(6-16)8-17(18,7-11)10-16/h11-12H,2-10H2,1H3,(H2,19,20,21,23)/t11-,12+,16?,17?. The van der Waals surface area contributed by atoms with Crippen molar-refractivity contribution >= 4 is 33.8 Å². The van der Waals surface area contributed by atoms with Gasteiger partial charge in [-0.15, -0.1) is 0 Å². The van der Waals surface area contributed by atoms with E-state index in [1.54, 1.807) is 0 Å². The SMILES string of the molecule is CCCNC(=O)NC(=O)COC(=O)C12C[C@@H]3C[C@@H](CC(Br)(C3)C1)C2. The highest BCUT2D eigenvalue weighted by Crippen LogP contribution is 2.64. The Kier molecular flexibility index (Phi) is 4.91. The minimum atomic E-state index is -0.588. The molecule has 4 aliphatic carbocycles. The predicted molar refractivity (Wildman–Crippen MR) is 91.6 cm³/mol. The van der Waals surface area contributed by atoms with Crippen LogP contribution in [0, 0.1) is 17.3 Å². The summed E-state index contributed by atoms with van der Waals surface area (Å²) in [5, 5.41) is 4.72. The van der Waals surface area contributed by atoms with E-state index in [4.69, 9.17) is 4.74 Å². The van der Waals surface area contributed by atoms with Gasteiger partial charge in [0.25, 0.3) is 5.91 Å². The number of hydrogen-bond donors (Lipinski definition) is 2. The van der Waals surface area contributed by atoms with Crippen LogP contribution in [0.1, 0.15) is 51.9 Å². The van der Waals surface area contributed by atoms with Crippen LogP contribution in [-0.4, -0.2) is 35.4 Å². The number of alkyl halides is 1. The van der Waals surface area contributed by atoms with Crippen molar-refractivity contribution < 1.29 is 19.1 Å². The number of esters is 1. The van der Waals surface area contributed by atoms with Crippen molar-refractivity contribution in [2.45, 2.75) is 56.2 Å². The number of carbonyl (C=O) groups is 3. The number of urea groups is 1. The Morgan fingerprint density at radius 1 is 1.17 bits per heavy atom. The highest BCUT2D eigenvalue weighted by Gasteiger charge is 2.60. The normalized spacial score (nSPS) is 36.2. The third kappa shape index (κ3) is 3.60. The fourth-order valence-electron chi connectivity index (χ4n) is 5.12. The summed E-state index contributed by atoms with van der Waals surface area (Å²) in [4.78, 5) is 35.9. The van der Waals surface area contributed by atoms with E-state index in [0.29, 0.717) is 18.4 Å². The van der Waals surface area contributed by atoms with Crippen molar-refractivity contribution in [2.24, 2.45) is 17.3 Å². The maximum absolute atomic E-state index is 12.7. The van der Waals surface area contributed by atoms with E-state index < -0.39 is 24.0 Å². The number of nitrogens with one attached hydrogen (secondary N) is 2. The van der Waals surface area contributed by atoms with E-state index in [-0.39, 0.29) is 10.3 Å². The number of imide groups is 1. The average Bonchev–Trinajstić information content (AvgIpc) is 2.48. The molecule has 0 saturated heterocycles. The van der Waals surface area contributed by atoms with Gasteiger partial charge >= 0.3 is 12.0 Å². The van der Waals surface area contributed by atoms with Gasteiger partial charge in [-0.25, -0.2) is 4.79 Å². The fraction of sp³-hybridized carbons (Fsp3) is 0.824. The van der Waals surface area contributed by atoms with Crippen LogP contribution in [0.15, 0.2) is 0 Å². The Hall–Kier alpha value is -1.11. The van der Waals surface area contributed by atoms with Gasteiger partial charge in [0, 0.05) is 10.9 Å². The molecule has 0 aliphatic heterocycles. The predicted octanol–water partition coefficient (Wildman–Crippen LogP) is 2.50. The monoisotopic (exact) mass is 400 g/mol. The summed E-state index contributed by atoms with van der Waals surface area (Å²) in [5.74, 6) is 0.290. The first-order valence-corrected chi connectivity index (χ1v) is 9.57. The minimum Gasteiger partial charge on any atom is -0.455 e. The zero-order chi connectivity index (χ0) is 17.4. The zero-order valence-corrected chi connectivity index (χ0v) is 15.6. The first kappa shape index (κ1) is 17.7. The molecule has 0 aromatic carbocycles. The Morgan fingerprint density at radius 2 is 1.83 bits per heavy atom. The summed E-state index contributed by atoms with van der Waals surface area (Å²) in [6, 6.07) is -0.549. The molecule has 4 saturated carbocycles. The summed E-state index contributed by atoms with van der Waals surface area (Å²) in [7, 11) is 0. The van der Waals surface area contributed by atoms with Gasteiger partial charge in [0.1, 0.15) is 0 Å². The molecule has 2 unspecified atom stereocenters. The summed E-state index contributed by atoms with van der Waals surface area (Å²) >= 11 is 3.86. The molecule has 7 heteroatoms. The van der Waals surface area contributed by atoms with E-state index in [0.717, 1.165) is 38.5 Å². The fourth-order valence-corrected chi connectivity index (χ4v) is 6.57. The maximum atomic E-state index is 12.7. The summed E-state index contributed by atoms with van der Waals surface area (Å²) in [6.45, 7) is 2.02. The summed E-state index contributed by atoms with van der Waals surface area (Å²) in [5.41, 5.74) is -0.446. The number of amides is 3. The van der Waals surface area contributed by atoms with Crippen molar-refractivity contribution in [2.75, 3.05) is 13.2 Å². The van der Waals surface area contributed by atoms with Crippen molar-refractivity contribution in [1.29, 1.82) is 0 Å². The van der Waals surface area contributed by atoms with E-state index in [1.165, 1.54) is 6.42 Å². The first-order valence-electron chi connectivity index (χ1n) is 8.78. The lowest BCUT2D eigenvalue weighted by Gasteiger charge is -2.58. The molecule has 0 aromatic rings. The van der Waals surface area contributed by atoms with Gasteiger partial charge in [0.15, 0.2) is 6.61 Å². The lowest BCUT2D eigenvalue weighted by molar-refractivity contribution is -0.171. The van der Waals surface area contributed by atoms with Crippen LogP contribution in [0.4, 0.5) is 4.79 Å². The van der Waals surface area contributed by atoms with Gasteiger partial charge in [0.2, 0.25) is 0 Å². The lowest BCUT2D eigenvalue weighted by atomic mass is 9.49. The molecule has 4 atom stereocenters. The molecule has 2 N–H and O–H groups in total. The quantitative estimate of drug-likeness (QED) is 0.548. The number of hydrogen-bond acceptors (Lipinski definition) is 4. The van der Waals surface area contributed by atoms with E-state index >= 15 is 0 Å². The second-order valence-electron chi connectivity index (χ2n) is 7.77. The van der Waals surface area contributed by atoms with Crippen LogP contribution in [0.25, 0.3) is 0 Å². The molecule has 0 heterocycles. The number of ether oxygens (including phenoxy) is 1. The van der Waals surface area contributed by atoms with Gasteiger partial charge < -0.3 is 10.1 Å². The first-order chi connectivity index (χ1) is 11.3. The third-order valence-corrected chi connectivity index (χ3v) is 6.47. The Bertz CT molecular complexity index is 537. The zero-order valence-electron chi connectivity index (χ0n) is 14.0. The Balaban J connectivity index is 1.52. The molecule has 24 heavy (non-hydrogen) atoms. The molecular formula is C17H25BrN2O4. The lowest BCUT2D eigenvalue weighted by Crippen LogP contribution is -2.56. The number of carbonyl (C=O) groups excluding carboxylic acids is 3. The smallest absolute Gasteiger partial charge is 0.321 e. The molecule has 0 spiro atoms. The summed E-state index contributed by atoms with van der Waals surface area (Å²) < 4.78 is 5.36. The van der Waals surface area contributed by atoms with Gasteiger partial charge in [0.05, 0.1) is 5.41 Å². The number of rotatable bonds is 5. The largest absolute Gasteiger partial charge is 0.455 e. The van der Waals surface area contributed by atoms with Crippen LogP contribution < -0.4 is 10.6 Å². The van der Waals surface area contributed by atoms with Gasteiger partial charge in [-0.2, -0.15) is 0 Å². The molecule has 0 radical (unpaired) electrons. The van der Waals surface area contributed by atoms with E-state index in [9.17, 15) is 14.4 Å². The van der Waals surface area contributed by atoms with Crippen molar-refractivity contribution in [1.82, 2.24) is 10.6 Å². The Labute approximate surface area is 150 Å². The molecule has 6 nitrogen and oxygen atoms in total. The number of halogens is 1. The molecule has 4 rings (SSSR count). The van der Waals surface area contributed by atoms with Gasteiger partial charge in [-0.1, -0.05) is 22.9 Å². The van der Waals surface area contributed by atoms with Gasteiger partial charge in [-0.3, -0.25) is 14.9 Å². The second-order valence-corrected chi connectivity index (χ2v) is 9.45. The average molecular weight is 401 g/mol. The topological polar surface area (TPSA) is 84.5 Å². The van der Waals surface area contributed by atoms with Crippen molar-refractivity contribution in [3.05, 3.63) is 0 Å². The summed E-state index contributed by atoms with van der Waals surface area (Å²) in [6.07, 6.45) is 6.80. The molecule has 3 amide bonds. The van der Waals surface area contributed by atoms with Crippen LogP contribution >= 0.6 is 15.9 Å². The van der Waals surface area contributed by atoms with Crippen molar-refractivity contribution in [3.8, 4) is 0 Å². The molecule has 134 valence electrons. The van der Waals surface area contributed by atoms with Crippen LogP contribution in [0.2, 0.25) is 0 Å².